The topological polar surface area (TPSA) is 76.7 Å². The summed E-state index contributed by atoms with van der Waals surface area (Å²) in [6.07, 6.45) is -0.105. The first kappa shape index (κ1) is 21.9. The van der Waals surface area contributed by atoms with E-state index in [9.17, 15) is 9.59 Å². The van der Waals surface area contributed by atoms with Crippen molar-refractivity contribution >= 4 is 23.2 Å². The van der Waals surface area contributed by atoms with Crippen LogP contribution in [0, 0.1) is 6.92 Å². The normalized spacial score (nSPS) is 11.3. The molecule has 0 fully saturated rings. The fourth-order valence-electron chi connectivity index (χ4n) is 2.94. The summed E-state index contributed by atoms with van der Waals surface area (Å²) in [7, 11) is 0. The molecule has 0 saturated heterocycles. The predicted octanol–water partition coefficient (Wildman–Crippen LogP) is 4.81. The van der Waals surface area contributed by atoms with E-state index in [0.29, 0.717) is 29.3 Å². The van der Waals surface area contributed by atoms with Gasteiger partial charge in [0.05, 0.1) is 0 Å². The monoisotopic (exact) mass is 418 g/mol. The molecule has 1 unspecified atom stereocenters. The lowest BCUT2D eigenvalue weighted by atomic mass is 10.2. The average Bonchev–Trinajstić information content (AvgIpc) is 2.77. The van der Waals surface area contributed by atoms with Gasteiger partial charge in [0.1, 0.15) is 11.5 Å². The van der Waals surface area contributed by atoms with Gasteiger partial charge in [-0.3, -0.25) is 9.59 Å². The van der Waals surface area contributed by atoms with E-state index >= 15 is 0 Å². The number of anilines is 2. The summed E-state index contributed by atoms with van der Waals surface area (Å²) in [6.45, 7) is 3.75. The van der Waals surface area contributed by atoms with Crippen LogP contribution >= 0.6 is 0 Å². The third-order valence-electron chi connectivity index (χ3n) is 4.46. The molecule has 160 valence electrons. The number of carbonyl (C=O) groups excluding carboxylic acids is 2. The molecule has 0 aliphatic heterocycles. The van der Waals surface area contributed by atoms with Crippen LogP contribution in [0.3, 0.4) is 0 Å². The summed E-state index contributed by atoms with van der Waals surface area (Å²) in [5.41, 5.74) is 2.19. The molecule has 0 aliphatic carbocycles. The van der Waals surface area contributed by atoms with E-state index in [1.807, 2.05) is 56.3 Å². The second-order valence-corrected chi connectivity index (χ2v) is 7.05. The smallest absolute Gasteiger partial charge is 0.265 e. The molecular weight excluding hydrogens is 392 g/mol. The predicted molar refractivity (Wildman–Crippen MR) is 122 cm³/mol. The maximum Gasteiger partial charge on any atom is 0.265 e. The van der Waals surface area contributed by atoms with Gasteiger partial charge in [-0.1, -0.05) is 43.3 Å². The second kappa shape index (κ2) is 10.8. The molecule has 0 saturated carbocycles. The van der Waals surface area contributed by atoms with Crippen molar-refractivity contribution in [3.63, 3.8) is 0 Å². The minimum atomic E-state index is -0.626. The van der Waals surface area contributed by atoms with Crippen molar-refractivity contribution in [1.82, 2.24) is 0 Å². The zero-order valence-corrected chi connectivity index (χ0v) is 17.6. The fraction of sp³-hybridized carbons (Fsp3) is 0.200. The average molecular weight is 418 g/mol. The zero-order chi connectivity index (χ0) is 22.1. The van der Waals surface area contributed by atoms with Gasteiger partial charge in [-0.15, -0.1) is 0 Å². The second-order valence-electron chi connectivity index (χ2n) is 7.05. The van der Waals surface area contributed by atoms with Crippen molar-refractivity contribution in [3.8, 4) is 11.5 Å². The van der Waals surface area contributed by atoms with Crippen LogP contribution in [-0.4, -0.2) is 24.5 Å². The first-order valence-electron chi connectivity index (χ1n) is 10.2. The van der Waals surface area contributed by atoms with Crippen LogP contribution in [0.2, 0.25) is 0 Å². The van der Waals surface area contributed by atoms with E-state index in [1.54, 1.807) is 36.4 Å². The van der Waals surface area contributed by atoms with Gasteiger partial charge < -0.3 is 20.1 Å². The number of rotatable bonds is 9. The molecule has 3 aromatic carbocycles. The van der Waals surface area contributed by atoms with Gasteiger partial charge in [-0.2, -0.15) is 0 Å². The van der Waals surface area contributed by atoms with E-state index in [-0.39, 0.29) is 18.4 Å². The molecule has 3 rings (SSSR count). The SMILES string of the molecule is CCC(Oc1cccc(C)c1)C(=O)Nc1cccc(NC(=O)COc2ccccc2)c1. The van der Waals surface area contributed by atoms with Crippen molar-refractivity contribution in [2.45, 2.75) is 26.4 Å². The fourth-order valence-corrected chi connectivity index (χ4v) is 2.94. The van der Waals surface area contributed by atoms with Crippen molar-refractivity contribution < 1.29 is 19.1 Å². The third-order valence-corrected chi connectivity index (χ3v) is 4.46. The lowest BCUT2D eigenvalue weighted by molar-refractivity contribution is -0.122. The standard InChI is InChI=1S/C25H26N2O4/c1-3-23(31-22-14-7-9-18(2)15-22)25(29)27-20-11-8-10-19(16-20)26-24(28)17-30-21-12-5-4-6-13-21/h4-16,23H,3,17H2,1-2H3,(H,26,28)(H,27,29). The summed E-state index contributed by atoms with van der Waals surface area (Å²) in [4.78, 5) is 24.8. The summed E-state index contributed by atoms with van der Waals surface area (Å²) >= 11 is 0. The maximum atomic E-state index is 12.7. The number of ether oxygens (including phenoxy) is 2. The van der Waals surface area contributed by atoms with Crippen LogP contribution < -0.4 is 20.1 Å². The van der Waals surface area contributed by atoms with Gasteiger partial charge in [-0.05, 0) is 61.4 Å². The highest BCUT2D eigenvalue weighted by molar-refractivity contribution is 5.96. The van der Waals surface area contributed by atoms with Crippen molar-refractivity contribution in [1.29, 1.82) is 0 Å². The molecule has 6 heteroatoms. The van der Waals surface area contributed by atoms with Gasteiger partial charge in [0.25, 0.3) is 11.8 Å². The van der Waals surface area contributed by atoms with Crippen LogP contribution in [0.1, 0.15) is 18.9 Å². The number of carbonyl (C=O) groups is 2. The minimum Gasteiger partial charge on any atom is -0.484 e. The maximum absolute atomic E-state index is 12.7. The highest BCUT2D eigenvalue weighted by Crippen LogP contribution is 2.19. The number of aryl methyl sites for hydroxylation is 1. The van der Waals surface area contributed by atoms with Crippen LogP contribution in [0.15, 0.2) is 78.9 Å². The number of benzene rings is 3. The molecule has 0 spiro atoms. The molecular formula is C25H26N2O4. The van der Waals surface area contributed by atoms with Crippen molar-refractivity contribution in [3.05, 3.63) is 84.4 Å². The summed E-state index contributed by atoms with van der Waals surface area (Å²) in [5.74, 6) is 0.737. The van der Waals surface area contributed by atoms with Crippen molar-refractivity contribution in [2.75, 3.05) is 17.2 Å². The number of nitrogens with one attached hydrogen (secondary N) is 2. The number of amides is 2. The molecule has 6 nitrogen and oxygen atoms in total. The van der Waals surface area contributed by atoms with Gasteiger partial charge in [0.2, 0.25) is 0 Å². The van der Waals surface area contributed by atoms with Gasteiger partial charge in [0, 0.05) is 11.4 Å². The minimum absolute atomic E-state index is 0.108. The van der Waals surface area contributed by atoms with Crippen LogP contribution in [0.5, 0.6) is 11.5 Å². The summed E-state index contributed by atoms with van der Waals surface area (Å²) in [6, 6.07) is 23.7. The molecule has 0 aromatic heterocycles. The number of para-hydroxylation sites is 1. The lowest BCUT2D eigenvalue weighted by Gasteiger charge is -2.18. The Labute approximate surface area is 182 Å². The molecule has 31 heavy (non-hydrogen) atoms. The largest absolute Gasteiger partial charge is 0.484 e. The van der Waals surface area contributed by atoms with E-state index in [2.05, 4.69) is 10.6 Å². The first-order valence-corrected chi connectivity index (χ1v) is 10.2. The molecule has 0 radical (unpaired) electrons. The Hall–Kier alpha value is -3.80. The summed E-state index contributed by atoms with van der Waals surface area (Å²) < 4.78 is 11.3. The molecule has 0 heterocycles. The van der Waals surface area contributed by atoms with Gasteiger partial charge in [0.15, 0.2) is 12.7 Å². The Kier molecular flexibility index (Phi) is 7.65. The Morgan fingerprint density at radius 1 is 0.839 bits per heavy atom. The third kappa shape index (κ3) is 6.89. The first-order chi connectivity index (χ1) is 15.0. The molecule has 1 atom stereocenters. The Morgan fingerprint density at radius 2 is 1.52 bits per heavy atom. The van der Waals surface area contributed by atoms with E-state index in [0.717, 1.165) is 5.56 Å². The Balaban J connectivity index is 1.56. The van der Waals surface area contributed by atoms with E-state index < -0.39 is 6.10 Å². The quantitative estimate of drug-likeness (QED) is 0.523. The molecule has 2 N–H and O–H groups in total. The van der Waals surface area contributed by atoms with Gasteiger partial charge >= 0.3 is 0 Å². The molecule has 0 bridgehead atoms. The lowest BCUT2D eigenvalue weighted by Crippen LogP contribution is -2.32. The molecule has 3 aromatic rings. The summed E-state index contributed by atoms with van der Waals surface area (Å²) in [5, 5.41) is 5.62. The van der Waals surface area contributed by atoms with Crippen molar-refractivity contribution in [2.24, 2.45) is 0 Å². The van der Waals surface area contributed by atoms with E-state index in [1.165, 1.54) is 0 Å². The zero-order valence-electron chi connectivity index (χ0n) is 17.6. The van der Waals surface area contributed by atoms with E-state index in [4.69, 9.17) is 9.47 Å². The molecule has 0 aliphatic rings. The van der Waals surface area contributed by atoms with Crippen LogP contribution in [0.25, 0.3) is 0 Å². The number of hydrogen-bond acceptors (Lipinski definition) is 4. The van der Waals surface area contributed by atoms with Crippen LogP contribution in [-0.2, 0) is 9.59 Å². The molecule has 2 amide bonds. The van der Waals surface area contributed by atoms with Crippen LogP contribution in [0.4, 0.5) is 11.4 Å². The highest BCUT2D eigenvalue weighted by Gasteiger charge is 2.19. The Morgan fingerprint density at radius 3 is 2.23 bits per heavy atom. The number of hydrogen-bond donors (Lipinski definition) is 2. The Bertz CT molecular complexity index is 1020. The van der Waals surface area contributed by atoms with Gasteiger partial charge in [-0.25, -0.2) is 0 Å². The highest BCUT2D eigenvalue weighted by atomic mass is 16.5.